The molecular weight excluding hydrogens is 336 g/mol. The Morgan fingerprint density at radius 1 is 1.05 bits per heavy atom. The first kappa shape index (κ1) is 15.4. The summed E-state index contributed by atoms with van der Waals surface area (Å²) in [6, 6.07) is 10.7. The lowest BCUT2D eigenvalue weighted by Gasteiger charge is -2.12. The maximum atomic E-state index is 10.8. The summed E-state index contributed by atoms with van der Waals surface area (Å²) in [6.07, 6.45) is 0.772. The van der Waals surface area contributed by atoms with Crippen molar-refractivity contribution in [3.05, 3.63) is 52.0 Å². The summed E-state index contributed by atoms with van der Waals surface area (Å²) in [5.74, 6) is 1.86. The zero-order valence-electron chi connectivity index (χ0n) is 11.8. The molecule has 0 aromatic heterocycles. The smallest absolute Gasteiger partial charge is 0.162 e. The van der Waals surface area contributed by atoms with Gasteiger partial charge in [0, 0.05) is 15.6 Å². The van der Waals surface area contributed by atoms with Gasteiger partial charge < -0.3 is 14.2 Å². The maximum absolute atomic E-state index is 10.8. The Morgan fingerprint density at radius 2 is 1.86 bits per heavy atom. The second-order valence-electron chi connectivity index (χ2n) is 4.27. The minimum absolute atomic E-state index is 0.330. The Kier molecular flexibility index (Phi) is 5.22. The van der Waals surface area contributed by atoms with Gasteiger partial charge in [0.1, 0.15) is 18.6 Å². The molecule has 0 bridgehead atoms. The fourth-order valence-corrected chi connectivity index (χ4v) is 2.18. The normalized spacial score (nSPS) is 10.0. The molecule has 2 aromatic carbocycles. The van der Waals surface area contributed by atoms with Crippen molar-refractivity contribution in [2.45, 2.75) is 6.61 Å². The molecule has 0 spiro atoms. The highest BCUT2D eigenvalue weighted by atomic mass is 79.9. The Bertz CT molecular complexity index is 640. The predicted octanol–water partition coefficient (Wildman–Crippen LogP) is 3.86. The summed E-state index contributed by atoms with van der Waals surface area (Å²) in [5.41, 5.74) is 1.48. The molecule has 110 valence electrons. The summed E-state index contributed by atoms with van der Waals surface area (Å²) in [7, 11) is 3.18. The molecular formula is C16H15BrO4. The zero-order chi connectivity index (χ0) is 15.2. The van der Waals surface area contributed by atoms with Gasteiger partial charge in [0.2, 0.25) is 0 Å². The van der Waals surface area contributed by atoms with E-state index in [0.29, 0.717) is 23.7 Å². The molecule has 0 atom stereocenters. The van der Waals surface area contributed by atoms with Crippen LogP contribution in [0.25, 0.3) is 0 Å². The van der Waals surface area contributed by atoms with E-state index in [1.807, 2.05) is 18.2 Å². The quantitative estimate of drug-likeness (QED) is 0.742. The molecule has 0 aliphatic carbocycles. The molecule has 0 saturated heterocycles. The molecule has 2 rings (SSSR count). The van der Waals surface area contributed by atoms with Crippen LogP contribution in [0.15, 0.2) is 40.9 Å². The molecule has 0 radical (unpaired) electrons. The fourth-order valence-electron chi connectivity index (χ4n) is 1.82. The molecule has 0 fully saturated rings. The van der Waals surface area contributed by atoms with E-state index in [4.69, 9.17) is 14.2 Å². The first-order chi connectivity index (χ1) is 10.2. The SMILES string of the molecule is COc1ccc(Br)c(COc2cc(C=O)ccc2OC)c1. The van der Waals surface area contributed by atoms with Gasteiger partial charge in [0.15, 0.2) is 11.5 Å². The maximum Gasteiger partial charge on any atom is 0.162 e. The van der Waals surface area contributed by atoms with E-state index in [0.717, 1.165) is 22.1 Å². The Labute approximate surface area is 131 Å². The summed E-state index contributed by atoms with van der Waals surface area (Å²) >= 11 is 3.47. The standard InChI is InChI=1S/C16H15BrO4/c1-19-13-4-5-14(17)12(8-13)10-21-16-7-11(9-18)3-6-15(16)20-2/h3-9H,10H2,1-2H3. The number of ether oxygens (including phenoxy) is 3. The van der Waals surface area contributed by atoms with Crippen molar-refractivity contribution in [3.63, 3.8) is 0 Å². The number of benzene rings is 2. The highest BCUT2D eigenvalue weighted by Crippen LogP contribution is 2.30. The first-order valence-corrected chi connectivity index (χ1v) is 7.05. The second-order valence-corrected chi connectivity index (χ2v) is 5.13. The molecule has 0 N–H and O–H groups in total. The third kappa shape index (κ3) is 3.76. The van der Waals surface area contributed by atoms with E-state index in [-0.39, 0.29) is 0 Å². The molecule has 0 heterocycles. The van der Waals surface area contributed by atoms with Crippen LogP contribution in [0.3, 0.4) is 0 Å². The molecule has 5 heteroatoms. The van der Waals surface area contributed by atoms with Crippen LogP contribution in [-0.4, -0.2) is 20.5 Å². The van der Waals surface area contributed by atoms with Gasteiger partial charge in [-0.3, -0.25) is 4.79 Å². The molecule has 21 heavy (non-hydrogen) atoms. The molecule has 0 saturated carbocycles. The van der Waals surface area contributed by atoms with E-state index in [2.05, 4.69) is 15.9 Å². The lowest BCUT2D eigenvalue weighted by molar-refractivity contribution is 0.112. The third-order valence-electron chi connectivity index (χ3n) is 2.96. The van der Waals surface area contributed by atoms with Gasteiger partial charge in [-0.1, -0.05) is 15.9 Å². The second kappa shape index (κ2) is 7.13. The van der Waals surface area contributed by atoms with Crippen LogP contribution in [0, 0.1) is 0 Å². The van der Waals surface area contributed by atoms with Crippen LogP contribution in [0.5, 0.6) is 17.2 Å². The third-order valence-corrected chi connectivity index (χ3v) is 3.73. The van der Waals surface area contributed by atoms with Crippen LogP contribution in [0.1, 0.15) is 15.9 Å². The van der Waals surface area contributed by atoms with E-state index >= 15 is 0 Å². The number of hydrogen-bond donors (Lipinski definition) is 0. The summed E-state index contributed by atoms with van der Waals surface area (Å²) in [5, 5.41) is 0. The lowest BCUT2D eigenvalue weighted by Crippen LogP contribution is -2.00. The molecule has 0 amide bonds. The topological polar surface area (TPSA) is 44.8 Å². The van der Waals surface area contributed by atoms with Crippen LogP contribution in [0.4, 0.5) is 0 Å². The average Bonchev–Trinajstić information content (AvgIpc) is 2.53. The Hall–Kier alpha value is -2.01. The number of halogens is 1. The monoisotopic (exact) mass is 350 g/mol. The van der Waals surface area contributed by atoms with Crippen LogP contribution in [0.2, 0.25) is 0 Å². The minimum atomic E-state index is 0.330. The van der Waals surface area contributed by atoms with Gasteiger partial charge in [-0.2, -0.15) is 0 Å². The lowest BCUT2D eigenvalue weighted by atomic mass is 10.2. The van der Waals surface area contributed by atoms with E-state index in [1.54, 1.807) is 32.4 Å². The van der Waals surface area contributed by atoms with Crippen molar-refractivity contribution < 1.29 is 19.0 Å². The van der Waals surface area contributed by atoms with Gasteiger partial charge in [0.25, 0.3) is 0 Å². The highest BCUT2D eigenvalue weighted by molar-refractivity contribution is 9.10. The number of carbonyl (C=O) groups is 1. The molecule has 0 aliphatic rings. The fraction of sp³-hybridized carbons (Fsp3) is 0.188. The minimum Gasteiger partial charge on any atom is -0.497 e. The van der Waals surface area contributed by atoms with Crippen molar-refractivity contribution in [2.24, 2.45) is 0 Å². The van der Waals surface area contributed by atoms with Crippen molar-refractivity contribution >= 4 is 22.2 Å². The summed E-state index contributed by atoms with van der Waals surface area (Å²) < 4.78 is 17.1. The van der Waals surface area contributed by atoms with Gasteiger partial charge in [-0.15, -0.1) is 0 Å². The van der Waals surface area contributed by atoms with E-state index in [1.165, 1.54) is 0 Å². The van der Waals surface area contributed by atoms with Gasteiger partial charge in [0.05, 0.1) is 14.2 Å². The summed E-state index contributed by atoms with van der Waals surface area (Å²) in [4.78, 5) is 10.8. The van der Waals surface area contributed by atoms with Gasteiger partial charge >= 0.3 is 0 Å². The molecule has 4 nitrogen and oxygen atoms in total. The zero-order valence-corrected chi connectivity index (χ0v) is 13.3. The van der Waals surface area contributed by atoms with E-state index < -0.39 is 0 Å². The molecule has 2 aromatic rings. The average molecular weight is 351 g/mol. The van der Waals surface area contributed by atoms with Gasteiger partial charge in [-0.05, 0) is 36.4 Å². The number of aldehydes is 1. The Balaban J connectivity index is 2.21. The highest BCUT2D eigenvalue weighted by Gasteiger charge is 2.08. The van der Waals surface area contributed by atoms with Crippen molar-refractivity contribution in [2.75, 3.05) is 14.2 Å². The Morgan fingerprint density at radius 3 is 2.52 bits per heavy atom. The number of rotatable bonds is 6. The first-order valence-electron chi connectivity index (χ1n) is 6.26. The van der Waals surface area contributed by atoms with Crippen molar-refractivity contribution in [1.82, 2.24) is 0 Å². The summed E-state index contributed by atoms with van der Waals surface area (Å²) in [6.45, 7) is 0.330. The van der Waals surface area contributed by atoms with E-state index in [9.17, 15) is 4.79 Å². The predicted molar refractivity (Wildman–Crippen MR) is 83.4 cm³/mol. The number of methoxy groups -OCH3 is 2. The van der Waals surface area contributed by atoms with Gasteiger partial charge in [-0.25, -0.2) is 0 Å². The van der Waals surface area contributed by atoms with Crippen molar-refractivity contribution in [1.29, 1.82) is 0 Å². The van der Waals surface area contributed by atoms with Crippen LogP contribution < -0.4 is 14.2 Å². The van der Waals surface area contributed by atoms with Crippen molar-refractivity contribution in [3.8, 4) is 17.2 Å². The van der Waals surface area contributed by atoms with Crippen LogP contribution in [-0.2, 0) is 6.61 Å². The number of carbonyl (C=O) groups excluding carboxylic acids is 1. The largest absolute Gasteiger partial charge is 0.497 e. The van der Waals surface area contributed by atoms with Crippen LogP contribution >= 0.6 is 15.9 Å². The molecule has 0 aliphatic heterocycles. The number of hydrogen-bond acceptors (Lipinski definition) is 4. The molecule has 0 unspecified atom stereocenters.